The van der Waals surface area contributed by atoms with Crippen molar-refractivity contribution in [3.8, 4) is 22.3 Å². The number of nitrogens with zero attached hydrogens (tertiary/aromatic N) is 8. The van der Waals surface area contributed by atoms with E-state index in [9.17, 15) is 0 Å². The summed E-state index contributed by atoms with van der Waals surface area (Å²) < 4.78 is 15.6. The zero-order chi connectivity index (χ0) is 103. The zero-order valence-electron chi connectivity index (χ0n) is 95.0. The number of fused-ring (bicyclic) bond motifs is 3. The van der Waals surface area contributed by atoms with Gasteiger partial charge in [0.15, 0.2) is 0 Å². The lowest BCUT2D eigenvalue weighted by molar-refractivity contribution is -0.0508. The lowest BCUT2D eigenvalue weighted by atomic mass is 9.75. The summed E-state index contributed by atoms with van der Waals surface area (Å²) in [6.45, 7) is 91.9. The minimum absolute atomic E-state index is 0.0599. The van der Waals surface area contributed by atoms with Gasteiger partial charge in [-0.2, -0.15) is 0 Å². The number of piperidine rings is 1. The van der Waals surface area contributed by atoms with E-state index < -0.39 is 5.89 Å². The molecule has 1 aliphatic heterocycles. The van der Waals surface area contributed by atoms with Crippen molar-refractivity contribution in [1.29, 1.82) is 0 Å². The SMILES string of the molecule is CC(C)(C)n1cccc1.CC(C)N(C(C)C)C(C)C.CC(C)N(C)C.CC(C)N(C)c1ccccc1.CC(C)N(c1ccccc1)c1ccccc1.CC(C)N1C(C)(C)CCCC1(C)C.CC(C)c1cc(-c2ccccc2)cc(C(C)C)c1C(C)C.CC(C)n1c2ccccc2c2ccccc21.Cc1ccc(C)n1C(C)(C)C.[2H]C(C)(C)c1cc(-c2ccccc2)cc(C(C)(C)C)c1C(C)C. The van der Waals surface area contributed by atoms with Crippen molar-refractivity contribution in [2.24, 2.45) is 0 Å². The van der Waals surface area contributed by atoms with Crippen LogP contribution in [0, 0.1) is 13.8 Å². The Morgan fingerprint density at radius 2 is 0.667 bits per heavy atom. The summed E-state index contributed by atoms with van der Waals surface area (Å²) in [5.41, 5.74) is 23.9. The van der Waals surface area contributed by atoms with Gasteiger partial charge in [0.25, 0.3) is 0 Å². The summed E-state index contributed by atoms with van der Waals surface area (Å²) in [6.07, 6.45) is 8.23. The number of aryl methyl sites for hydroxylation is 2. The van der Waals surface area contributed by atoms with Gasteiger partial charge < -0.3 is 28.4 Å². The van der Waals surface area contributed by atoms with Crippen LogP contribution in [0.2, 0.25) is 0 Å². The first kappa shape index (κ1) is 116. The fraction of sp³-hybridized carbons (Fsp3) is 0.512. The molecule has 4 heterocycles. The van der Waals surface area contributed by atoms with E-state index in [4.69, 9.17) is 1.37 Å². The van der Waals surface area contributed by atoms with Gasteiger partial charge >= 0.3 is 0 Å². The van der Waals surface area contributed by atoms with Gasteiger partial charge in [-0.25, -0.2) is 0 Å². The van der Waals surface area contributed by atoms with E-state index >= 15 is 0 Å². The molecule has 0 radical (unpaired) electrons. The topological polar surface area (TPSA) is 31.0 Å². The predicted molar refractivity (Wildman–Crippen MR) is 606 cm³/mol. The third-order valence-corrected chi connectivity index (χ3v) is 25.6. The molecule has 13 rings (SSSR count). The number of aromatic nitrogens is 3. The van der Waals surface area contributed by atoms with E-state index in [1.54, 1.807) is 5.56 Å². The standard InChI is InChI=1S/C22H30.C21H28.C15H15N.C15H17N.C12H25N.C10H17N.C10H15N.C9H21N.C8H13N.C5H13N/c1-15(2)19-13-18(17-11-9-8-10-12-17)14-20(22(5,6)7)21(19)16(3)4;1-14(2)19-12-18(17-10-8-7-9-11-17)13-20(15(3)4)21(19)16(5)6;1-11(2)16-14-9-5-3-7-12(14)13-8-4-6-10-15(13)16;1-13(2)16(14-9-5-3-6-10-14)15-11-7-4-8-12-15;1-10(2)13-11(3,4)8-7-9-12(13,5)6;1-8-6-7-9(2)11(8)10(3,4)5;1-9(2)11(3)10-7-5-4-6-8-10;1-7(2)10(8(3)4)9(5)6;1-8(2,3)9-6-4-5-7-9;1-5(2)6(3)4/h8-16H,1-7H3;7-16H,1-6H3;3-11H,1-2H3;3-13H,1-2H3;10H,7-9H2,1-6H3;6-7H,1-5H3;4-9H,1-3H3;7-9H,1-6H3;4-7H,1-3H3;5H,1-4H3/i15D;;;;;;;;;. The molecule has 8 heteroatoms. The highest BCUT2D eigenvalue weighted by atomic mass is 15.3. The summed E-state index contributed by atoms with van der Waals surface area (Å²) in [5, 5.41) is 2.71. The maximum atomic E-state index is 8.67. The second-order valence-electron chi connectivity index (χ2n) is 45.4. The first-order valence-corrected chi connectivity index (χ1v) is 51.3. The van der Waals surface area contributed by atoms with Crippen molar-refractivity contribution in [3.05, 3.63) is 306 Å². The minimum atomic E-state index is -0.607. The van der Waals surface area contributed by atoms with Crippen LogP contribution >= 0.6 is 0 Å². The Bertz CT molecular complexity index is 5080. The Balaban J connectivity index is 0.000000322. The predicted octanol–water partition coefficient (Wildman–Crippen LogP) is 36.8. The molecule has 0 bridgehead atoms. The molecule has 3 aromatic heterocycles. The van der Waals surface area contributed by atoms with Gasteiger partial charge in [0.2, 0.25) is 0 Å². The molecule has 0 aliphatic carbocycles. The largest absolute Gasteiger partial charge is 0.372 e. The van der Waals surface area contributed by atoms with Crippen LogP contribution < -0.4 is 9.80 Å². The third-order valence-electron chi connectivity index (χ3n) is 25.6. The molecule has 1 aliphatic rings. The van der Waals surface area contributed by atoms with Gasteiger partial charge in [-0.3, -0.25) is 9.80 Å². The van der Waals surface area contributed by atoms with Crippen LogP contribution in [0.15, 0.2) is 261 Å². The Morgan fingerprint density at radius 1 is 0.333 bits per heavy atom. The maximum absolute atomic E-state index is 8.67. The van der Waals surface area contributed by atoms with E-state index in [0.717, 1.165) is 5.56 Å². The number of likely N-dealkylation sites (tertiary alicyclic amines) is 1. The van der Waals surface area contributed by atoms with Crippen LogP contribution in [0.1, 0.15) is 371 Å². The van der Waals surface area contributed by atoms with Crippen LogP contribution in [0.5, 0.6) is 0 Å². The van der Waals surface area contributed by atoms with E-state index in [2.05, 4.69) is 554 Å². The van der Waals surface area contributed by atoms with Gasteiger partial charge in [0.1, 0.15) is 0 Å². The van der Waals surface area contributed by atoms with Gasteiger partial charge in [-0.15, -0.1) is 0 Å². The molecule has 135 heavy (non-hydrogen) atoms. The lowest BCUT2D eigenvalue weighted by Crippen LogP contribution is -2.61. The molecule has 0 saturated carbocycles. The minimum Gasteiger partial charge on any atom is -0.372 e. The fourth-order valence-corrected chi connectivity index (χ4v) is 19.3. The molecule has 8 nitrogen and oxygen atoms in total. The molecule has 742 valence electrons. The molecule has 0 unspecified atom stereocenters. The molecule has 0 N–H and O–H groups in total. The van der Waals surface area contributed by atoms with Crippen molar-refractivity contribution >= 4 is 38.9 Å². The zero-order valence-corrected chi connectivity index (χ0v) is 94.0. The first-order chi connectivity index (χ1) is 63.1. The summed E-state index contributed by atoms with van der Waals surface area (Å²) in [6, 6.07) is 92.6. The molecule has 1 saturated heterocycles. The number of rotatable bonds is 18. The van der Waals surface area contributed by atoms with Crippen molar-refractivity contribution in [2.75, 3.05) is 30.9 Å². The highest BCUT2D eigenvalue weighted by Gasteiger charge is 2.42. The van der Waals surface area contributed by atoms with Crippen LogP contribution in [-0.4, -0.2) is 103 Å². The molecule has 0 amide bonds. The number of hydrogen-bond donors (Lipinski definition) is 0. The van der Waals surface area contributed by atoms with E-state index in [0.29, 0.717) is 83.1 Å². The highest BCUT2D eigenvalue weighted by Crippen LogP contribution is 2.43. The van der Waals surface area contributed by atoms with Crippen molar-refractivity contribution in [3.63, 3.8) is 0 Å². The molecule has 9 aromatic carbocycles. The number of benzene rings is 9. The van der Waals surface area contributed by atoms with E-state index in [1.807, 2.05) is 50.2 Å². The molecular formula is C127H194N8. The normalized spacial score (nSPS) is 13.3. The Labute approximate surface area is 831 Å². The quantitative estimate of drug-likeness (QED) is 0.0855. The summed E-state index contributed by atoms with van der Waals surface area (Å²) in [7, 11) is 6.26. The van der Waals surface area contributed by atoms with Gasteiger partial charge in [0.05, 0.1) is 0 Å². The Kier molecular flexibility index (Phi) is 47.2. The van der Waals surface area contributed by atoms with Crippen molar-refractivity contribution in [2.45, 2.75) is 409 Å². The second kappa shape index (κ2) is 54.8. The second-order valence-corrected chi connectivity index (χ2v) is 45.4. The van der Waals surface area contributed by atoms with Crippen LogP contribution in [0.3, 0.4) is 0 Å². The monoisotopic (exact) mass is 1830 g/mol. The number of anilines is 3. The average Bonchev–Trinajstić information content (AvgIpc) is 1.55. The maximum Gasteiger partial charge on any atom is 0.0493 e. The number of para-hydroxylation sites is 5. The van der Waals surface area contributed by atoms with Crippen LogP contribution in [0.25, 0.3) is 44.1 Å². The fourth-order valence-electron chi connectivity index (χ4n) is 19.3. The third kappa shape index (κ3) is 36.6. The molecule has 0 spiro atoms. The summed E-state index contributed by atoms with van der Waals surface area (Å²) >= 11 is 0. The lowest BCUT2D eigenvalue weighted by Gasteiger charge is -2.55. The van der Waals surface area contributed by atoms with E-state index in [-0.39, 0.29) is 16.5 Å². The first-order valence-electron chi connectivity index (χ1n) is 51.8. The van der Waals surface area contributed by atoms with Crippen molar-refractivity contribution in [1.82, 2.24) is 28.4 Å². The summed E-state index contributed by atoms with van der Waals surface area (Å²) in [5.74, 6) is 1.50. The molecular weight excluding hydrogens is 1640 g/mol. The summed E-state index contributed by atoms with van der Waals surface area (Å²) in [4.78, 5) is 11.9. The van der Waals surface area contributed by atoms with Crippen LogP contribution in [-0.2, 0) is 16.5 Å². The van der Waals surface area contributed by atoms with E-state index in [1.165, 1.54) is 114 Å². The smallest absolute Gasteiger partial charge is 0.0493 e. The molecule has 1 fully saturated rings. The van der Waals surface area contributed by atoms with Gasteiger partial charge in [-0.05, 0) is 391 Å². The molecule has 0 atom stereocenters. The highest BCUT2D eigenvalue weighted by molar-refractivity contribution is 6.08. The molecule has 12 aromatic rings. The average molecular weight is 1830 g/mol. The van der Waals surface area contributed by atoms with Crippen LogP contribution in [0.4, 0.5) is 17.1 Å². The Hall–Kier alpha value is -9.18. The van der Waals surface area contributed by atoms with Crippen molar-refractivity contribution < 1.29 is 1.37 Å². The van der Waals surface area contributed by atoms with Gasteiger partial charge in [0, 0.05) is 142 Å². The Morgan fingerprint density at radius 3 is 0.926 bits per heavy atom. The van der Waals surface area contributed by atoms with Gasteiger partial charge in [-0.1, -0.05) is 266 Å². The number of hydrogen-bond acceptors (Lipinski definition) is 5.